The molecule has 2 aromatic rings. The SMILES string of the molecule is CCCCCC(=O)OC.CCCCOC(=O)OC.Cc1nc(-c2ccc(C)c(C(F)(F)F)c2)no1. The topological polar surface area (TPSA) is 101 Å². The molecule has 1 heterocycles. The van der Waals surface area contributed by atoms with Gasteiger partial charge in [0.25, 0.3) is 0 Å². The summed E-state index contributed by atoms with van der Waals surface area (Å²) in [5, 5.41) is 3.59. The summed E-state index contributed by atoms with van der Waals surface area (Å²) in [6.45, 7) is 7.59. The summed E-state index contributed by atoms with van der Waals surface area (Å²) in [4.78, 5) is 24.6. The smallest absolute Gasteiger partial charge is 0.469 e. The molecule has 0 amide bonds. The van der Waals surface area contributed by atoms with Crippen molar-refractivity contribution in [2.24, 2.45) is 0 Å². The second-order valence-corrected chi connectivity index (χ2v) is 7.35. The van der Waals surface area contributed by atoms with E-state index in [0.717, 1.165) is 38.2 Å². The predicted molar refractivity (Wildman–Crippen MR) is 124 cm³/mol. The number of carbonyl (C=O) groups excluding carboxylic acids is 2. The molecule has 8 nitrogen and oxygen atoms in total. The Morgan fingerprint density at radius 1 is 1.00 bits per heavy atom. The molecule has 0 bridgehead atoms. The van der Waals surface area contributed by atoms with Crippen molar-refractivity contribution in [1.29, 1.82) is 0 Å². The Balaban J connectivity index is 0.000000549. The largest absolute Gasteiger partial charge is 0.507 e. The normalized spacial score (nSPS) is 10.3. The van der Waals surface area contributed by atoms with Gasteiger partial charge in [-0.3, -0.25) is 4.79 Å². The third-order valence-electron chi connectivity index (χ3n) is 4.43. The van der Waals surface area contributed by atoms with E-state index >= 15 is 0 Å². The standard InChI is InChI=1S/C11H9F3N2O.C7H14O2.C6H12O3/c1-6-3-4-8(5-9(6)11(12,13)14)10-15-7(2)17-16-10;1-3-4-5-6-7(8)9-2;1-3-4-5-9-6(7)8-2/h3-5H,1-2H3;3-6H2,1-2H3;3-5H2,1-2H3. The highest BCUT2D eigenvalue weighted by atomic mass is 19.4. The average Bonchev–Trinajstić information content (AvgIpc) is 3.25. The quantitative estimate of drug-likeness (QED) is 0.290. The first kappa shape index (κ1) is 31.9. The highest BCUT2D eigenvalue weighted by molar-refractivity contribution is 5.68. The third-order valence-corrected chi connectivity index (χ3v) is 4.43. The number of alkyl halides is 3. The molecule has 11 heteroatoms. The van der Waals surface area contributed by atoms with Crippen LogP contribution in [0, 0.1) is 13.8 Å². The van der Waals surface area contributed by atoms with Crippen molar-refractivity contribution in [1.82, 2.24) is 10.1 Å². The van der Waals surface area contributed by atoms with E-state index in [0.29, 0.717) is 24.5 Å². The van der Waals surface area contributed by atoms with Gasteiger partial charge in [-0.2, -0.15) is 18.2 Å². The molecule has 0 aliphatic carbocycles. The Hall–Kier alpha value is -3.11. The molecule has 0 saturated carbocycles. The molecule has 1 aromatic carbocycles. The molecule has 0 aliphatic rings. The molecule has 1 aromatic heterocycles. The van der Waals surface area contributed by atoms with Gasteiger partial charge in [0.05, 0.1) is 26.4 Å². The number of carbonyl (C=O) groups is 2. The number of aryl methyl sites for hydroxylation is 2. The Morgan fingerprint density at radius 3 is 2.14 bits per heavy atom. The van der Waals surface area contributed by atoms with Crippen molar-refractivity contribution in [3.05, 3.63) is 35.2 Å². The molecule has 0 unspecified atom stereocenters. The van der Waals surface area contributed by atoms with Crippen molar-refractivity contribution >= 4 is 12.1 Å². The van der Waals surface area contributed by atoms with Gasteiger partial charge in [-0.15, -0.1) is 0 Å². The van der Waals surface area contributed by atoms with Crippen LogP contribution in [0.4, 0.5) is 18.0 Å². The minimum atomic E-state index is -4.38. The Kier molecular flexibility index (Phi) is 15.8. The molecule has 0 aliphatic heterocycles. The fourth-order valence-corrected chi connectivity index (χ4v) is 2.46. The van der Waals surface area contributed by atoms with Gasteiger partial charge >= 0.3 is 18.3 Å². The van der Waals surface area contributed by atoms with E-state index in [1.807, 2.05) is 6.92 Å². The number of rotatable bonds is 8. The Bertz CT molecular complexity index is 862. The van der Waals surface area contributed by atoms with Gasteiger partial charge in [-0.1, -0.05) is 50.4 Å². The second kappa shape index (κ2) is 17.3. The van der Waals surface area contributed by atoms with Crippen LogP contribution in [0.15, 0.2) is 22.7 Å². The number of ether oxygens (including phenoxy) is 3. The van der Waals surface area contributed by atoms with E-state index in [-0.39, 0.29) is 17.4 Å². The van der Waals surface area contributed by atoms with Gasteiger partial charge in [0, 0.05) is 18.9 Å². The number of esters is 1. The lowest BCUT2D eigenvalue weighted by Gasteiger charge is -2.10. The van der Waals surface area contributed by atoms with Crippen LogP contribution in [0.1, 0.15) is 69.4 Å². The number of hydrogen-bond acceptors (Lipinski definition) is 8. The van der Waals surface area contributed by atoms with Crippen LogP contribution in [0.5, 0.6) is 0 Å². The van der Waals surface area contributed by atoms with Crippen LogP contribution >= 0.6 is 0 Å². The lowest BCUT2D eigenvalue weighted by atomic mass is 10.0. The Labute approximate surface area is 204 Å². The molecule has 0 atom stereocenters. The van der Waals surface area contributed by atoms with E-state index < -0.39 is 17.9 Å². The molecule has 0 saturated heterocycles. The van der Waals surface area contributed by atoms with Gasteiger partial charge in [-0.25, -0.2) is 4.79 Å². The highest BCUT2D eigenvalue weighted by Gasteiger charge is 2.32. The van der Waals surface area contributed by atoms with E-state index in [2.05, 4.69) is 31.3 Å². The van der Waals surface area contributed by atoms with Gasteiger partial charge in [0.1, 0.15) is 0 Å². The van der Waals surface area contributed by atoms with Crippen LogP contribution in [0.25, 0.3) is 11.4 Å². The summed E-state index contributed by atoms with van der Waals surface area (Å²) >= 11 is 0. The van der Waals surface area contributed by atoms with Crippen molar-refractivity contribution in [3.63, 3.8) is 0 Å². The number of unbranched alkanes of at least 4 members (excludes halogenated alkanes) is 3. The van der Waals surface area contributed by atoms with Crippen molar-refractivity contribution in [2.45, 2.75) is 72.4 Å². The summed E-state index contributed by atoms with van der Waals surface area (Å²) in [5.41, 5.74) is -0.223. The first-order valence-electron chi connectivity index (χ1n) is 11.3. The number of halogens is 3. The summed E-state index contributed by atoms with van der Waals surface area (Å²) in [5.74, 6) is 0.380. The zero-order chi connectivity index (χ0) is 26.9. The summed E-state index contributed by atoms with van der Waals surface area (Å²) < 4.78 is 56.1. The molecule has 198 valence electrons. The van der Waals surface area contributed by atoms with E-state index in [4.69, 9.17) is 4.52 Å². The third kappa shape index (κ3) is 14.0. The lowest BCUT2D eigenvalue weighted by molar-refractivity contribution is -0.141. The molecule has 0 N–H and O–H groups in total. The summed E-state index contributed by atoms with van der Waals surface area (Å²) in [6.07, 6.45) is 0.758. The molecule has 0 fully saturated rings. The monoisotopic (exact) mass is 504 g/mol. The van der Waals surface area contributed by atoms with Crippen molar-refractivity contribution in [3.8, 4) is 11.4 Å². The van der Waals surface area contributed by atoms with Gasteiger partial charge < -0.3 is 18.7 Å². The molecule has 0 radical (unpaired) electrons. The fourth-order valence-electron chi connectivity index (χ4n) is 2.46. The molecular formula is C24H35F3N2O6. The minimum absolute atomic E-state index is 0.0940. The Morgan fingerprint density at radius 2 is 1.66 bits per heavy atom. The van der Waals surface area contributed by atoms with Crippen LogP contribution in [0.3, 0.4) is 0 Å². The lowest BCUT2D eigenvalue weighted by Crippen LogP contribution is -2.07. The van der Waals surface area contributed by atoms with Crippen LogP contribution < -0.4 is 0 Å². The first-order chi connectivity index (χ1) is 16.5. The van der Waals surface area contributed by atoms with E-state index in [9.17, 15) is 22.8 Å². The maximum Gasteiger partial charge on any atom is 0.507 e. The number of methoxy groups -OCH3 is 2. The van der Waals surface area contributed by atoms with Crippen molar-refractivity contribution < 1.29 is 41.5 Å². The van der Waals surface area contributed by atoms with Crippen molar-refractivity contribution in [2.75, 3.05) is 20.8 Å². The number of aromatic nitrogens is 2. The van der Waals surface area contributed by atoms with Gasteiger partial charge in [-0.05, 0) is 31.4 Å². The van der Waals surface area contributed by atoms with E-state index in [1.54, 1.807) is 6.92 Å². The number of hydrogen-bond donors (Lipinski definition) is 0. The molecule has 2 rings (SSSR count). The maximum absolute atomic E-state index is 12.7. The number of nitrogens with zero attached hydrogens (tertiary/aromatic N) is 2. The summed E-state index contributed by atoms with van der Waals surface area (Å²) in [6, 6.07) is 3.96. The van der Waals surface area contributed by atoms with Gasteiger partial charge in [0.2, 0.25) is 11.7 Å². The van der Waals surface area contributed by atoms with Crippen LogP contribution in [-0.4, -0.2) is 43.1 Å². The second-order valence-electron chi connectivity index (χ2n) is 7.35. The fraction of sp³-hybridized carbons (Fsp3) is 0.583. The molecule has 0 spiro atoms. The minimum Gasteiger partial charge on any atom is -0.469 e. The van der Waals surface area contributed by atoms with E-state index in [1.165, 1.54) is 33.3 Å². The first-order valence-corrected chi connectivity index (χ1v) is 11.3. The van der Waals surface area contributed by atoms with Crippen LogP contribution in [0.2, 0.25) is 0 Å². The number of benzene rings is 1. The zero-order valence-corrected chi connectivity index (χ0v) is 21.2. The highest BCUT2D eigenvalue weighted by Crippen LogP contribution is 2.34. The summed E-state index contributed by atoms with van der Waals surface area (Å²) in [7, 11) is 2.72. The maximum atomic E-state index is 12.7. The van der Waals surface area contributed by atoms with Crippen LogP contribution in [-0.2, 0) is 25.2 Å². The zero-order valence-electron chi connectivity index (χ0n) is 21.2. The molecular weight excluding hydrogens is 469 g/mol. The predicted octanol–water partition coefficient (Wildman–Crippen LogP) is 6.68. The van der Waals surface area contributed by atoms with Gasteiger partial charge in [0.15, 0.2) is 0 Å². The average molecular weight is 505 g/mol. The molecule has 35 heavy (non-hydrogen) atoms.